The maximum atomic E-state index is 13.9. The number of pyridine rings is 1. The molecule has 3 aromatic rings. The van der Waals surface area contributed by atoms with Crippen LogP contribution in [0.2, 0.25) is 0 Å². The number of hydrogen-bond acceptors (Lipinski definition) is 7. The van der Waals surface area contributed by atoms with Crippen molar-refractivity contribution in [2.75, 3.05) is 51.0 Å². The minimum absolute atomic E-state index is 0.0464. The number of hydrogen-bond donors (Lipinski definition) is 0. The van der Waals surface area contributed by atoms with Gasteiger partial charge >= 0.3 is 0 Å². The molecular weight excluding hydrogens is 428 g/mol. The smallest absolute Gasteiger partial charge is 0.265 e. The van der Waals surface area contributed by atoms with E-state index in [-0.39, 0.29) is 5.56 Å². The molecule has 2 aliphatic heterocycles. The van der Waals surface area contributed by atoms with Gasteiger partial charge in [0.1, 0.15) is 0 Å². The maximum absolute atomic E-state index is 13.9. The van der Waals surface area contributed by atoms with Crippen molar-refractivity contribution in [3.63, 3.8) is 0 Å². The Labute approximate surface area is 199 Å². The fourth-order valence-corrected chi connectivity index (χ4v) is 5.52. The summed E-state index contributed by atoms with van der Waals surface area (Å²) in [7, 11) is 0. The van der Waals surface area contributed by atoms with Crippen molar-refractivity contribution in [1.29, 1.82) is 0 Å². The van der Waals surface area contributed by atoms with Gasteiger partial charge in [-0.1, -0.05) is 18.2 Å². The van der Waals surface area contributed by atoms with Crippen LogP contribution in [0, 0.1) is 0 Å². The highest BCUT2D eigenvalue weighted by Gasteiger charge is 2.29. The zero-order valence-corrected chi connectivity index (χ0v) is 19.7. The number of rotatable bonds is 5. The quantitative estimate of drug-likeness (QED) is 0.580. The number of fused-ring (bicyclic) bond motifs is 4. The van der Waals surface area contributed by atoms with E-state index in [1.54, 1.807) is 0 Å². The Morgan fingerprint density at radius 2 is 1.74 bits per heavy atom. The first kappa shape index (κ1) is 21.7. The van der Waals surface area contributed by atoms with E-state index in [1.165, 1.54) is 17.5 Å². The lowest BCUT2D eigenvalue weighted by Gasteiger charge is -2.38. The van der Waals surface area contributed by atoms with Crippen molar-refractivity contribution in [1.82, 2.24) is 24.3 Å². The third-order valence-electron chi connectivity index (χ3n) is 7.33. The number of anilines is 2. The minimum Gasteiger partial charge on any atom is -0.379 e. The molecule has 0 spiro atoms. The highest BCUT2D eigenvalue weighted by Crippen LogP contribution is 2.30. The Bertz CT molecular complexity index is 1220. The van der Waals surface area contributed by atoms with Gasteiger partial charge in [-0.05, 0) is 61.9 Å². The van der Waals surface area contributed by atoms with Gasteiger partial charge in [0, 0.05) is 31.5 Å². The maximum Gasteiger partial charge on any atom is 0.265 e. The molecule has 4 heterocycles. The molecule has 0 saturated carbocycles. The second kappa shape index (κ2) is 9.44. The summed E-state index contributed by atoms with van der Waals surface area (Å²) in [4.78, 5) is 30.5. The molecule has 0 unspecified atom stereocenters. The number of aromatic nitrogens is 3. The molecular formula is C26H32N6O2. The molecule has 178 valence electrons. The first-order valence-electron chi connectivity index (χ1n) is 12.5. The molecule has 0 radical (unpaired) electrons. The summed E-state index contributed by atoms with van der Waals surface area (Å²) in [5, 5.41) is 0.726. The van der Waals surface area contributed by atoms with Crippen LogP contribution in [0.25, 0.3) is 11.0 Å². The summed E-state index contributed by atoms with van der Waals surface area (Å²) in [5.41, 5.74) is 4.05. The minimum atomic E-state index is 0.0464. The summed E-state index contributed by atoms with van der Waals surface area (Å²) >= 11 is 0. The summed E-state index contributed by atoms with van der Waals surface area (Å²) in [6.07, 6.45) is 7.23. The second-order valence-corrected chi connectivity index (χ2v) is 9.56. The van der Waals surface area contributed by atoms with E-state index < -0.39 is 0 Å². The van der Waals surface area contributed by atoms with Crippen molar-refractivity contribution in [3.05, 3.63) is 58.0 Å². The van der Waals surface area contributed by atoms with Crippen molar-refractivity contribution in [3.8, 4) is 0 Å². The van der Waals surface area contributed by atoms with Crippen LogP contribution in [0.5, 0.6) is 0 Å². The number of nitrogens with zero attached hydrogens (tertiary/aromatic N) is 6. The van der Waals surface area contributed by atoms with Crippen molar-refractivity contribution >= 4 is 22.7 Å². The van der Waals surface area contributed by atoms with E-state index in [2.05, 4.69) is 31.8 Å². The van der Waals surface area contributed by atoms with Gasteiger partial charge in [-0.25, -0.2) is 4.98 Å². The van der Waals surface area contributed by atoms with Crippen LogP contribution in [0.3, 0.4) is 0 Å². The Kier molecular flexibility index (Phi) is 6.03. The summed E-state index contributed by atoms with van der Waals surface area (Å²) in [6.45, 7) is 6.91. The van der Waals surface area contributed by atoms with Crippen LogP contribution in [0.1, 0.15) is 30.4 Å². The number of para-hydroxylation sites is 1. The number of ether oxygens (including phenoxy) is 1. The highest BCUT2D eigenvalue weighted by molar-refractivity contribution is 5.81. The van der Waals surface area contributed by atoms with Crippen LogP contribution in [-0.2, 0) is 24.2 Å². The van der Waals surface area contributed by atoms with Gasteiger partial charge in [0.25, 0.3) is 5.56 Å². The summed E-state index contributed by atoms with van der Waals surface area (Å²) in [6, 6.07) is 10.2. The molecule has 1 saturated heterocycles. The van der Waals surface area contributed by atoms with Gasteiger partial charge in [-0.3, -0.25) is 24.1 Å². The summed E-state index contributed by atoms with van der Waals surface area (Å²) < 4.78 is 7.34. The lowest BCUT2D eigenvalue weighted by molar-refractivity contribution is 0.0354. The Morgan fingerprint density at radius 3 is 2.59 bits per heavy atom. The highest BCUT2D eigenvalue weighted by atomic mass is 16.5. The molecule has 0 bridgehead atoms. The van der Waals surface area contributed by atoms with Gasteiger partial charge in [0.05, 0.1) is 31.9 Å². The van der Waals surface area contributed by atoms with Gasteiger partial charge in [-0.2, -0.15) is 4.98 Å². The molecule has 34 heavy (non-hydrogen) atoms. The van der Waals surface area contributed by atoms with E-state index in [4.69, 9.17) is 9.72 Å². The molecule has 8 heteroatoms. The summed E-state index contributed by atoms with van der Waals surface area (Å²) in [5.74, 6) is 0.691. The largest absolute Gasteiger partial charge is 0.379 e. The molecule has 0 amide bonds. The molecule has 1 fully saturated rings. The lowest BCUT2D eigenvalue weighted by Crippen LogP contribution is -2.48. The van der Waals surface area contributed by atoms with E-state index in [9.17, 15) is 4.79 Å². The zero-order chi connectivity index (χ0) is 22.9. The third kappa shape index (κ3) is 4.10. The Morgan fingerprint density at radius 1 is 0.941 bits per heavy atom. The average Bonchev–Trinajstić information content (AvgIpc) is 2.89. The third-order valence-corrected chi connectivity index (χ3v) is 7.33. The van der Waals surface area contributed by atoms with Crippen molar-refractivity contribution in [2.45, 2.75) is 38.8 Å². The first-order valence-corrected chi connectivity index (χ1v) is 12.5. The Hall–Kier alpha value is -2.81. The molecule has 1 aliphatic carbocycles. The monoisotopic (exact) mass is 460 g/mol. The number of morpholine rings is 1. The van der Waals surface area contributed by atoms with Gasteiger partial charge in [-0.15, -0.1) is 0 Å². The van der Waals surface area contributed by atoms with E-state index in [1.807, 2.05) is 29.0 Å². The molecule has 2 aromatic heterocycles. The van der Waals surface area contributed by atoms with Crippen molar-refractivity contribution < 1.29 is 4.74 Å². The Balaban J connectivity index is 1.35. The second-order valence-electron chi connectivity index (χ2n) is 9.56. The topological polar surface area (TPSA) is 66.7 Å². The number of aryl methyl sites for hydroxylation is 2. The molecule has 8 nitrogen and oxygen atoms in total. The molecule has 6 rings (SSSR count). The number of benzene rings is 1. The zero-order valence-electron chi connectivity index (χ0n) is 19.7. The molecule has 1 aromatic carbocycles. The van der Waals surface area contributed by atoms with Crippen LogP contribution in [0.4, 0.5) is 11.6 Å². The van der Waals surface area contributed by atoms with Gasteiger partial charge in [0.2, 0.25) is 5.95 Å². The predicted molar refractivity (Wildman–Crippen MR) is 132 cm³/mol. The fraction of sp³-hybridized carbons (Fsp3) is 0.500. The standard InChI is InChI=1S/C26H32N6O2/c33-25-23-22-10-5-4-7-20(22)17-27-24(23)28-26-31(21-8-2-1-3-9-21)18-30(19-32(25)26)12-6-11-29-13-15-34-16-14-29/h1-3,8-9,17H,4-7,10-16,18-19H2. The van der Waals surface area contributed by atoms with Gasteiger partial charge in [0.15, 0.2) is 5.65 Å². The average molecular weight is 461 g/mol. The van der Waals surface area contributed by atoms with Crippen LogP contribution >= 0.6 is 0 Å². The van der Waals surface area contributed by atoms with Crippen LogP contribution in [-0.4, -0.2) is 70.4 Å². The van der Waals surface area contributed by atoms with Gasteiger partial charge < -0.3 is 4.74 Å². The molecule has 3 aliphatic rings. The fourth-order valence-electron chi connectivity index (χ4n) is 5.52. The SMILES string of the molecule is O=c1c2c3c(cnc2nc2n1CN(CCCN1CCOCC1)CN2c1ccccc1)CCCC3. The predicted octanol–water partition coefficient (Wildman–Crippen LogP) is 2.76. The van der Waals surface area contributed by atoms with E-state index >= 15 is 0 Å². The molecule has 0 atom stereocenters. The lowest BCUT2D eigenvalue weighted by atomic mass is 9.91. The van der Waals surface area contributed by atoms with Crippen LogP contribution in [0.15, 0.2) is 41.3 Å². The van der Waals surface area contributed by atoms with Crippen LogP contribution < -0.4 is 10.5 Å². The molecule has 0 N–H and O–H groups in total. The normalized spacial score (nSPS) is 19.2. The first-order chi connectivity index (χ1) is 16.8. The van der Waals surface area contributed by atoms with Crippen molar-refractivity contribution in [2.24, 2.45) is 0 Å². The van der Waals surface area contributed by atoms with E-state index in [0.29, 0.717) is 24.9 Å². The van der Waals surface area contributed by atoms with E-state index in [0.717, 1.165) is 76.1 Å².